The van der Waals surface area contributed by atoms with Crippen LogP contribution in [0.25, 0.3) is 10.1 Å². The summed E-state index contributed by atoms with van der Waals surface area (Å²) in [5.41, 5.74) is 0. The molecule has 1 heterocycles. The van der Waals surface area contributed by atoms with Gasteiger partial charge < -0.3 is 5.11 Å². The van der Waals surface area contributed by atoms with Gasteiger partial charge in [0.2, 0.25) is 0 Å². The first-order valence-electron chi connectivity index (χ1n) is 3.24. The zero-order valence-electron chi connectivity index (χ0n) is 5.84. The van der Waals surface area contributed by atoms with Crippen LogP contribution in [0.2, 0.25) is 5.02 Å². The van der Waals surface area contributed by atoms with E-state index in [1.54, 1.807) is 6.07 Å². The van der Waals surface area contributed by atoms with Crippen molar-refractivity contribution in [3.63, 3.8) is 0 Å². The number of thiophene rings is 1. The van der Waals surface area contributed by atoms with Crippen molar-refractivity contribution in [3.05, 3.63) is 26.8 Å². The fourth-order valence-electron chi connectivity index (χ4n) is 1.05. The second-order valence-corrected chi connectivity index (χ2v) is 5.04. The van der Waals surface area contributed by atoms with Crippen LogP contribution >= 0.6 is 45.5 Å². The van der Waals surface area contributed by atoms with Crippen LogP contribution in [0.5, 0.6) is 5.06 Å². The summed E-state index contributed by atoms with van der Waals surface area (Å²) in [4.78, 5) is 0. The van der Waals surface area contributed by atoms with Gasteiger partial charge in [-0.1, -0.05) is 22.9 Å². The Labute approximate surface area is 92.1 Å². The molecule has 0 aliphatic rings. The average Bonchev–Trinajstić information content (AvgIpc) is 2.29. The average molecular weight is 311 g/mol. The van der Waals surface area contributed by atoms with Gasteiger partial charge in [-0.05, 0) is 34.7 Å². The number of aromatic hydroxyl groups is 1. The molecule has 0 saturated heterocycles. The summed E-state index contributed by atoms with van der Waals surface area (Å²) in [7, 11) is 0. The molecule has 0 saturated carbocycles. The lowest BCUT2D eigenvalue weighted by Gasteiger charge is -1.93. The Hall–Kier alpha value is -0.000000000000000139. The van der Waals surface area contributed by atoms with E-state index >= 15 is 0 Å². The normalized spacial score (nSPS) is 10.8. The van der Waals surface area contributed by atoms with Crippen LogP contribution in [0.1, 0.15) is 0 Å². The molecule has 62 valence electrons. The fraction of sp³-hybridized carbons (Fsp3) is 0. The molecule has 1 aromatic carbocycles. The fourth-order valence-corrected chi connectivity index (χ4v) is 3.35. The van der Waals surface area contributed by atoms with Gasteiger partial charge in [-0.3, -0.25) is 0 Å². The van der Waals surface area contributed by atoms with Gasteiger partial charge in [0.1, 0.15) is 0 Å². The van der Waals surface area contributed by atoms with Gasteiger partial charge in [0.15, 0.2) is 5.06 Å². The van der Waals surface area contributed by atoms with E-state index in [1.807, 2.05) is 12.1 Å². The van der Waals surface area contributed by atoms with Crippen molar-refractivity contribution in [1.29, 1.82) is 0 Å². The third-order valence-corrected chi connectivity index (χ3v) is 3.53. The molecule has 0 aliphatic carbocycles. The summed E-state index contributed by atoms with van der Waals surface area (Å²) < 4.78 is 2.11. The second-order valence-electron chi connectivity index (χ2n) is 2.38. The number of hydrogen-bond donors (Lipinski definition) is 1. The molecule has 2 aromatic rings. The van der Waals surface area contributed by atoms with Crippen LogP contribution in [0.4, 0.5) is 0 Å². The van der Waals surface area contributed by atoms with E-state index in [9.17, 15) is 5.11 Å². The third kappa shape index (κ3) is 1.41. The minimum absolute atomic E-state index is 0.338. The summed E-state index contributed by atoms with van der Waals surface area (Å²) in [6.45, 7) is 0. The standard InChI is InChI=1S/C8H4ClIOS/c9-4-1-6(10)5-3-8(11)12-7(5)2-4/h1-3,11H. The Balaban J connectivity index is 2.88. The monoisotopic (exact) mass is 310 g/mol. The van der Waals surface area contributed by atoms with Gasteiger partial charge >= 0.3 is 0 Å². The number of fused-ring (bicyclic) bond motifs is 1. The van der Waals surface area contributed by atoms with E-state index in [0.717, 1.165) is 13.7 Å². The number of benzene rings is 1. The van der Waals surface area contributed by atoms with Gasteiger partial charge in [0.05, 0.1) is 0 Å². The zero-order chi connectivity index (χ0) is 8.72. The van der Waals surface area contributed by atoms with Crippen molar-refractivity contribution >= 4 is 55.6 Å². The van der Waals surface area contributed by atoms with Crippen molar-refractivity contribution in [1.82, 2.24) is 0 Å². The molecule has 0 atom stereocenters. The third-order valence-electron chi connectivity index (χ3n) is 1.54. The quantitative estimate of drug-likeness (QED) is 0.733. The van der Waals surface area contributed by atoms with Crippen LogP contribution in [0.15, 0.2) is 18.2 Å². The number of rotatable bonds is 0. The summed E-state index contributed by atoms with van der Waals surface area (Å²) >= 11 is 9.41. The summed E-state index contributed by atoms with van der Waals surface area (Å²) in [5.74, 6) is 0. The molecular formula is C8H4ClIOS. The Morgan fingerprint density at radius 1 is 1.33 bits per heavy atom. The van der Waals surface area contributed by atoms with Gasteiger partial charge in [-0.15, -0.1) is 0 Å². The zero-order valence-corrected chi connectivity index (χ0v) is 9.57. The predicted octanol–water partition coefficient (Wildman–Crippen LogP) is 3.86. The molecule has 4 heteroatoms. The van der Waals surface area contributed by atoms with E-state index in [-0.39, 0.29) is 0 Å². The van der Waals surface area contributed by atoms with Gasteiger partial charge in [-0.25, -0.2) is 0 Å². The van der Waals surface area contributed by atoms with Crippen molar-refractivity contribution in [2.75, 3.05) is 0 Å². The highest BCUT2D eigenvalue weighted by molar-refractivity contribution is 14.1. The lowest BCUT2D eigenvalue weighted by atomic mass is 10.3. The van der Waals surface area contributed by atoms with E-state index in [0.29, 0.717) is 10.1 Å². The molecule has 0 radical (unpaired) electrons. The van der Waals surface area contributed by atoms with Gasteiger partial charge in [0, 0.05) is 24.7 Å². The van der Waals surface area contributed by atoms with Crippen molar-refractivity contribution in [2.24, 2.45) is 0 Å². The first-order valence-corrected chi connectivity index (χ1v) is 5.52. The molecular weight excluding hydrogens is 307 g/mol. The smallest absolute Gasteiger partial charge is 0.172 e. The van der Waals surface area contributed by atoms with Crippen LogP contribution in [-0.4, -0.2) is 5.11 Å². The van der Waals surface area contributed by atoms with Crippen molar-refractivity contribution in [2.45, 2.75) is 0 Å². The molecule has 1 nitrogen and oxygen atoms in total. The first-order chi connectivity index (χ1) is 5.66. The highest BCUT2D eigenvalue weighted by Crippen LogP contribution is 2.35. The topological polar surface area (TPSA) is 20.2 Å². The molecule has 0 fully saturated rings. The first kappa shape index (κ1) is 8.59. The Morgan fingerprint density at radius 2 is 2.08 bits per heavy atom. The Bertz CT molecular complexity index is 438. The molecule has 0 spiro atoms. The highest BCUT2D eigenvalue weighted by Gasteiger charge is 2.04. The molecule has 12 heavy (non-hydrogen) atoms. The maximum absolute atomic E-state index is 9.24. The largest absolute Gasteiger partial charge is 0.499 e. The van der Waals surface area contributed by atoms with Crippen LogP contribution in [0, 0.1) is 3.57 Å². The van der Waals surface area contributed by atoms with E-state index in [1.165, 1.54) is 11.3 Å². The number of halogens is 2. The Morgan fingerprint density at radius 3 is 2.83 bits per heavy atom. The summed E-state index contributed by atoms with van der Waals surface area (Å²) in [6, 6.07) is 5.51. The van der Waals surface area contributed by atoms with Gasteiger partial charge in [-0.2, -0.15) is 0 Å². The molecule has 0 amide bonds. The SMILES string of the molecule is Oc1cc2c(I)cc(Cl)cc2s1. The molecule has 0 aliphatic heterocycles. The summed E-state index contributed by atoms with van der Waals surface area (Å²) in [6.07, 6.45) is 0. The Kier molecular flexibility index (Phi) is 2.18. The minimum Gasteiger partial charge on any atom is -0.499 e. The van der Waals surface area contributed by atoms with Crippen LogP contribution in [0.3, 0.4) is 0 Å². The molecule has 0 unspecified atom stereocenters. The molecule has 1 aromatic heterocycles. The van der Waals surface area contributed by atoms with E-state index in [2.05, 4.69) is 22.6 Å². The number of hydrogen-bond acceptors (Lipinski definition) is 2. The highest BCUT2D eigenvalue weighted by atomic mass is 127. The predicted molar refractivity (Wildman–Crippen MR) is 61.2 cm³/mol. The minimum atomic E-state index is 0.338. The van der Waals surface area contributed by atoms with Crippen LogP contribution < -0.4 is 0 Å². The maximum Gasteiger partial charge on any atom is 0.172 e. The maximum atomic E-state index is 9.24. The molecule has 0 bridgehead atoms. The van der Waals surface area contributed by atoms with E-state index < -0.39 is 0 Å². The molecule has 1 N–H and O–H groups in total. The van der Waals surface area contributed by atoms with Crippen molar-refractivity contribution in [3.8, 4) is 5.06 Å². The van der Waals surface area contributed by atoms with Gasteiger partial charge in [0.25, 0.3) is 0 Å². The second kappa shape index (κ2) is 3.05. The summed E-state index contributed by atoms with van der Waals surface area (Å²) in [5, 5.41) is 11.4. The lowest BCUT2D eigenvalue weighted by molar-refractivity contribution is 0.491. The lowest BCUT2D eigenvalue weighted by Crippen LogP contribution is -1.71. The molecule has 2 rings (SSSR count). The van der Waals surface area contributed by atoms with E-state index in [4.69, 9.17) is 11.6 Å². The van der Waals surface area contributed by atoms with Crippen molar-refractivity contribution < 1.29 is 5.11 Å². The van der Waals surface area contributed by atoms with Crippen LogP contribution in [-0.2, 0) is 0 Å².